The van der Waals surface area contributed by atoms with E-state index in [4.69, 9.17) is 9.47 Å². The number of carbonyl (C=O) groups is 7. The number of hydrogen-bond donors (Lipinski definition) is 13. The number of likely N-dealkylation sites (N-methyl/N-ethyl adjacent to an activating group) is 1. The van der Waals surface area contributed by atoms with Crippen LogP contribution in [0, 0.1) is 11.8 Å². The minimum absolute atomic E-state index is 0.0496. The third kappa shape index (κ3) is 17.2. The molecule has 3 heterocycles. The Labute approximate surface area is 516 Å². The standard InChI is InChI=1S/C64H84N8O17/c1-34-32-71-53(54(34)78)61(85)69-62(89-29-27-72(4,5)6)49(77)31-47(65-57(81)43-17-15-40(16-18-43)38-11-13-39(14-12-38)41-21-25-46(26-22-41)88-28-7-8-37-9-10-37)58(82)66-50(35(2)73)63(86)70-33-45(76)30-48(70)59(83)68-52(60(84)67-51(36(3)74)64(71)87)56(80)55(79)42-19-23-44(75)24-20-42/h11-26,34-37,45,47-56,62,73-74,76-80H,7-10,27-33H2,1-6H3,(H5-,65,66,67,68,69,75,81,82,83,84,85)/p+1/t34-,35+,36+,45+,47-,48-,49+,50-,51-,52-,53-,54-,55-,56-,62+/m0/s1. The van der Waals surface area contributed by atoms with Crippen molar-refractivity contribution in [1.82, 2.24) is 36.4 Å². The summed E-state index contributed by atoms with van der Waals surface area (Å²) in [5.41, 5.74) is 3.50. The number of aromatic hydroxyl groups is 1. The van der Waals surface area contributed by atoms with Crippen molar-refractivity contribution in [3.63, 3.8) is 0 Å². The first-order chi connectivity index (χ1) is 42.2. The summed E-state index contributed by atoms with van der Waals surface area (Å²) in [6.07, 6.45) is -10.9. The SMILES string of the molecule is C[C@@H](O)[C@@H]1NC(=O)[C@H]([C@H](O)[C@@H](O)c2ccc(O)cc2)NC(=O)[C@@H]2C[C@@H](O)CN2C(=O)[C@H]([C@@H](C)O)NC(=O)[C@@H](NC(=O)c2ccc(-c3ccc(-c4ccc(OCCCC5CC5)cc4)cc3)cc2)C[C@@H](O)[C@@H](OCC[N+](C)(C)C)NC(=O)[C@@H]2[C@@H](O)[C@@H](C)CN2C1=O. The van der Waals surface area contributed by atoms with Crippen molar-refractivity contribution in [3.05, 3.63) is 108 Å². The second kappa shape index (κ2) is 29.4. The number of rotatable bonds is 18. The largest absolute Gasteiger partial charge is 0.508 e. The van der Waals surface area contributed by atoms with Gasteiger partial charge in [0.2, 0.25) is 35.4 Å². The normalized spacial score (nSPS) is 27.4. The number of aliphatic hydroxyl groups excluding tert-OH is 7. The van der Waals surface area contributed by atoms with Crippen LogP contribution in [-0.4, -0.2) is 230 Å². The number of nitrogens with zero attached hydrogens (tertiary/aromatic N) is 3. The van der Waals surface area contributed by atoms with Crippen LogP contribution in [0.15, 0.2) is 97.1 Å². The van der Waals surface area contributed by atoms with Gasteiger partial charge in [0.05, 0.1) is 58.8 Å². The summed E-state index contributed by atoms with van der Waals surface area (Å²) in [5.74, 6) is -7.36. The maximum Gasteiger partial charge on any atom is 0.251 e. The van der Waals surface area contributed by atoms with Crippen LogP contribution in [0.3, 0.4) is 0 Å². The molecule has 3 aliphatic heterocycles. The zero-order valence-electron chi connectivity index (χ0n) is 50.8. The molecule has 4 fully saturated rings. The van der Waals surface area contributed by atoms with Gasteiger partial charge in [0.1, 0.15) is 72.6 Å². The lowest BCUT2D eigenvalue weighted by molar-refractivity contribution is -0.870. The highest BCUT2D eigenvalue weighted by Gasteiger charge is 2.50. The molecular weight excluding hydrogens is 1150 g/mol. The van der Waals surface area contributed by atoms with Crippen LogP contribution >= 0.6 is 0 Å². The Morgan fingerprint density at radius 3 is 1.75 bits per heavy atom. The third-order valence-electron chi connectivity index (χ3n) is 16.8. The number of benzene rings is 4. The molecule has 25 heteroatoms. The van der Waals surface area contributed by atoms with E-state index in [9.17, 15) is 74.4 Å². The fourth-order valence-electron chi connectivity index (χ4n) is 11.2. The maximum absolute atomic E-state index is 14.8. The summed E-state index contributed by atoms with van der Waals surface area (Å²) < 4.78 is 12.4. The average molecular weight is 1240 g/mol. The molecule has 4 aliphatic rings. The summed E-state index contributed by atoms with van der Waals surface area (Å²) in [4.78, 5) is 104. The van der Waals surface area contributed by atoms with E-state index in [1.807, 2.05) is 69.7 Å². The highest BCUT2D eigenvalue weighted by Crippen LogP contribution is 2.34. The van der Waals surface area contributed by atoms with Crippen molar-refractivity contribution in [3.8, 4) is 33.8 Å². The molecule has 482 valence electrons. The van der Waals surface area contributed by atoms with Crippen LogP contribution in [0.5, 0.6) is 11.5 Å². The van der Waals surface area contributed by atoms with Gasteiger partial charge < -0.3 is 91.2 Å². The van der Waals surface area contributed by atoms with Gasteiger partial charge in [-0.25, -0.2) is 0 Å². The van der Waals surface area contributed by atoms with Crippen molar-refractivity contribution in [2.75, 3.05) is 54.0 Å². The molecule has 0 spiro atoms. The molecule has 1 saturated carbocycles. The predicted octanol–water partition coefficient (Wildman–Crippen LogP) is -0.197. The van der Waals surface area contributed by atoms with Gasteiger partial charge in [0.25, 0.3) is 5.91 Å². The number of fused-ring (bicyclic) bond motifs is 2. The van der Waals surface area contributed by atoms with Crippen LogP contribution in [0.1, 0.15) is 81.3 Å². The van der Waals surface area contributed by atoms with Crippen molar-refractivity contribution in [2.24, 2.45) is 11.8 Å². The smallest absolute Gasteiger partial charge is 0.251 e. The number of nitrogens with one attached hydrogen (secondary N) is 5. The highest BCUT2D eigenvalue weighted by atomic mass is 16.5. The van der Waals surface area contributed by atoms with Crippen LogP contribution in [-0.2, 0) is 33.5 Å². The summed E-state index contributed by atoms with van der Waals surface area (Å²) in [6, 6.07) is 15.4. The molecule has 8 rings (SSSR count). The zero-order chi connectivity index (χ0) is 64.6. The number of phenols is 1. The molecular formula is C64H85N8O17+. The predicted molar refractivity (Wildman–Crippen MR) is 322 cm³/mol. The van der Waals surface area contributed by atoms with Crippen LogP contribution < -0.4 is 31.3 Å². The van der Waals surface area contributed by atoms with Gasteiger partial charge >= 0.3 is 0 Å². The second-order valence-corrected chi connectivity index (χ2v) is 25.0. The van der Waals surface area contributed by atoms with E-state index in [0.717, 1.165) is 64.0 Å². The molecule has 0 radical (unpaired) electrons. The third-order valence-corrected chi connectivity index (χ3v) is 16.8. The van der Waals surface area contributed by atoms with E-state index < -0.39 is 152 Å². The quantitative estimate of drug-likeness (QED) is 0.0453. The first kappa shape index (κ1) is 67.3. The Kier molecular flexibility index (Phi) is 22.2. The number of amides is 7. The first-order valence-corrected chi connectivity index (χ1v) is 30.2. The van der Waals surface area contributed by atoms with E-state index in [0.29, 0.717) is 11.1 Å². The molecule has 1 aliphatic carbocycles. The van der Waals surface area contributed by atoms with E-state index in [1.165, 1.54) is 62.6 Å². The summed E-state index contributed by atoms with van der Waals surface area (Å²) in [7, 11) is 5.53. The van der Waals surface area contributed by atoms with Gasteiger partial charge in [-0.1, -0.05) is 80.4 Å². The molecule has 15 atom stereocenters. The van der Waals surface area contributed by atoms with Crippen molar-refractivity contribution < 1.29 is 88.4 Å². The monoisotopic (exact) mass is 1240 g/mol. The average Bonchev–Trinajstić information content (AvgIpc) is 1.97. The molecule has 7 amide bonds. The zero-order valence-corrected chi connectivity index (χ0v) is 50.8. The first-order valence-electron chi connectivity index (χ1n) is 30.2. The highest BCUT2D eigenvalue weighted by molar-refractivity contribution is 6.00. The summed E-state index contributed by atoms with van der Waals surface area (Å²) in [6.45, 7) is 3.70. The molecule has 0 bridgehead atoms. The Morgan fingerprint density at radius 1 is 0.652 bits per heavy atom. The van der Waals surface area contributed by atoms with Gasteiger partial charge in [-0.05, 0) is 96.8 Å². The molecule has 89 heavy (non-hydrogen) atoms. The lowest BCUT2D eigenvalue weighted by Crippen LogP contribution is -2.64. The topological polar surface area (TPSA) is 366 Å². The number of quaternary nitrogens is 1. The number of aliphatic hydroxyl groups is 7. The van der Waals surface area contributed by atoms with E-state index >= 15 is 0 Å². The van der Waals surface area contributed by atoms with Crippen LogP contribution in [0.2, 0.25) is 0 Å². The Morgan fingerprint density at radius 2 is 1.19 bits per heavy atom. The Hall–Kier alpha value is -7.59. The van der Waals surface area contributed by atoms with Crippen molar-refractivity contribution in [1.29, 1.82) is 0 Å². The summed E-state index contributed by atoms with van der Waals surface area (Å²) in [5, 5.41) is 103. The van der Waals surface area contributed by atoms with E-state index in [-0.39, 0.29) is 36.6 Å². The number of ether oxygens (including phenoxy) is 2. The second-order valence-electron chi connectivity index (χ2n) is 25.0. The van der Waals surface area contributed by atoms with Crippen molar-refractivity contribution in [2.45, 2.75) is 145 Å². The number of hydrogen-bond acceptors (Lipinski definition) is 17. The lowest BCUT2D eigenvalue weighted by atomic mass is 9.96. The van der Waals surface area contributed by atoms with Gasteiger partial charge in [-0.15, -0.1) is 0 Å². The molecule has 4 aromatic rings. The molecule has 0 aromatic heterocycles. The summed E-state index contributed by atoms with van der Waals surface area (Å²) >= 11 is 0. The minimum atomic E-state index is -2.29. The van der Waals surface area contributed by atoms with Gasteiger partial charge in [-0.2, -0.15) is 0 Å². The fourth-order valence-corrected chi connectivity index (χ4v) is 11.2. The lowest BCUT2D eigenvalue weighted by Gasteiger charge is -2.34. The van der Waals surface area contributed by atoms with Crippen LogP contribution in [0.25, 0.3) is 22.3 Å². The van der Waals surface area contributed by atoms with E-state index in [2.05, 4.69) is 26.6 Å². The number of phenolic OH excluding ortho intramolecular Hbond substituents is 1. The molecule has 4 aromatic carbocycles. The Balaban J connectivity index is 1.10. The molecule has 0 unspecified atom stereocenters. The molecule has 13 N–H and O–H groups in total. The Bertz CT molecular complexity index is 3100. The molecule has 3 saturated heterocycles. The van der Waals surface area contributed by atoms with Gasteiger partial charge in [-0.3, -0.25) is 33.6 Å². The van der Waals surface area contributed by atoms with Gasteiger partial charge in [0, 0.05) is 37.4 Å². The van der Waals surface area contributed by atoms with Crippen LogP contribution in [0.4, 0.5) is 0 Å². The minimum Gasteiger partial charge on any atom is -0.508 e. The van der Waals surface area contributed by atoms with Crippen molar-refractivity contribution >= 4 is 41.4 Å². The van der Waals surface area contributed by atoms with E-state index in [1.54, 1.807) is 12.1 Å². The molecule has 25 nitrogen and oxygen atoms in total. The maximum atomic E-state index is 14.8. The fraction of sp³-hybridized carbons (Fsp3) is 0.516. The number of carbonyl (C=O) groups excluding carboxylic acids is 7. The van der Waals surface area contributed by atoms with Gasteiger partial charge in [0.15, 0.2) is 6.23 Å².